The quantitative estimate of drug-likeness (QED) is 0.378. The molecular formula is C24H23N5. The van der Waals surface area contributed by atoms with Gasteiger partial charge < -0.3 is 4.57 Å². The maximum absolute atomic E-state index is 4.58. The van der Waals surface area contributed by atoms with E-state index in [0.717, 1.165) is 43.3 Å². The van der Waals surface area contributed by atoms with Crippen LogP contribution in [0.2, 0.25) is 0 Å². The zero-order chi connectivity index (χ0) is 19.6. The molecule has 0 amide bonds. The molecule has 3 heterocycles. The minimum absolute atomic E-state index is 0.785. The predicted octanol–water partition coefficient (Wildman–Crippen LogP) is 5.24. The monoisotopic (exact) mass is 381 g/mol. The molecule has 0 aliphatic heterocycles. The molecule has 29 heavy (non-hydrogen) atoms. The second-order valence-electron chi connectivity index (χ2n) is 7.31. The highest BCUT2D eigenvalue weighted by molar-refractivity contribution is 6.07. The number of nitrogens with zero attached hydrogens (tertiary/aromatic N) is 5. The van der Waals surface area contributed by atoms with Gasteiger partial charge in [0.15, 0.2) is 5.82 Å². The van der Waals surface area contributed by atoms with E-state index in [1.165, 1.54) is 21.8 Å². The molecular weight excluding hydrogens is 358 g/mol. The number of unbranched alkanes of at least 4 members (excludes halogenated alkanes) is 1. The minimum atomic E-state index is 0.785. The number of rotatable bonds is 6. The third-order valence-corrected chi connectivity index (χ3v) is 5.35. The lowest BCUT2D eigenvalue weighted by molar-refractivity contribution is 0.532. The topological polar surface area (TPSA) is 48.5 Å². The molecule has 0 saturated heterocycles. The summed E-state index contributed by atoms with van der Waals surface area (Å²) >= 11 is 0. The predicted molar refractivity (Wildman–Crippen MR) is 117 cm³/mol. The van der Waals surface area contributed by atoms with Gasteiger partial charge in [0.2, 0.25) is 0 Å². The summed E-state index contributed by atoms with van der Waals surface area (Å²) in [7, 11) is 0. The third kappa shape index (κ3) is 3.29. The highest BCUT2D eigenvalue weighted by Crippen LogP contribution is 2.29. The Labute approximate surface area is 169 Å². The lowest BCUT2D eigenvalue weighted by Crippen LogP contribution is -2.05. The molecule has 0 unspecified atom stereocenters. The maximum Gasteiger partial charge on any atom is 0.177 e. The van der Waals surface area contributed by atoms with E-state index in [4.69, 9.17) is 0 Å². The van der Waals surface area contributed by atoms with Crippen molar-refractivity contribution in [2.75, 3.05) is 0 Å². The van der Waals surface area contributed by atoms with Crippen LogP contribution in [0.1, 0.15) is 18.7 Å². The molecule has 0 aliphatic carbocycles. The fourth-order valence-corrected chi connectivity index (χ4v) is 4.07. The molecule has 0 atom stereocenters. The first-order valence-corrected chi connectivity index (χ1v) is 10.1. The van der Waals surface area contributed by atoms with E-state index >= 15 is 0 Å². The fraction of sp³-hybridized carbons (Fsp3) is 0.208. The Morgan fingerprint density at radius 1 is 0.759 bits per heavy atom. The Morgan fingerprint density at radius 2 is 1.41 bits per heavy atom. The van der Waals surface area contributed by atoms with Crippen molar-refractivity contribution in [2.45, 2.75) is 32.9 Å². The average molecular weight is 381 g/mol. The van der Waals surface area contributed by atoms with Gasteiger partial charge in [0.1, 0.15) is 11.5 Å². The number of benzene rings is 2. The first-order chi connectivity index (χ1) is 14.3. The van der Waals surface area contributed by atoms with Crippen molar-refractivity contribution in [3.63, 3.8) is 0 Å². The summed E-state index contributed by atoms with van der Waals surface area (Å²) < 4.78 is 4.43. The number of hydrogen-bond donors (Lipinski definition) is 0. The smallest absolute Gasteiger partial charge is 0.177 e. The van der Waals surface area contributed by atoms with Crippen LogP contribution in [-0.4, -0.2) is 24.3 Å². The van der Waals surface area contributed by atoms with Crippen LogP contribution in [0.15, 0.2) is 72.9 Å². The van der Waals surface area contributed by atoms with Crippen molar-refractivity contribution < 1.29 is 0 Å². The highest BCUT2D eigenvalue weighted by Gasteiger charge is 2.12. The molecule has 5 nitrogen and oxygen atoms in total. The lowest BCUT2D eigenvalue weighted by atomic mass is 10.2. The first-order valence-electron chi connectivity index (χ1n) is 10.1. The van der Waals surface area contributed by atoms with Crippen LogP contribution in [0.25, 0.3) is 33.3 Å². The molecule has 0 fully saturated rings. The molecule has 2 aromatic carbocycles. The van der Waals surface area contributed by atoms with Crippen LogP contribution in [0, 0.1) is 6.92 Å². The van der Waals surface area contributed by atoms with E-state index in [9.17, 15) is 0 Å². The molecule has 0 saturated carbocycles. The Balaban J connectivity index is 1.34. The fourth-order valence-electron chi connectivity index (χ4n) is 4.07. The molecule has 0 spiro atoms. The third-order valence-electron chi connectivity index (χ3n) is 5.35. The maximum atomic E-state index is 4.58. The van der Waals surface area contributed by atoms with Gasteiger partial charge in [-0.3, -0.25) is 4.98 Å². The first kappa shape index (κ1) is 17.6. The molecule has 0 bridgehead atoms. The molecule has 0 radical (unpaired) electrons. The molecule has 0 aliphatic rings. The number of para-hydroxylation sites is 2. The van der Waals surface area contributed by atoms with Crippen molar-refractivity contribution >= 4 is 21.8 Å². The van der Waals surface area contributed by atoms with Crippen LogP contribution < -0.4 is 0 Å². The summed E-state index contributed by atoms with van der Waals surface area (Å²) in [5.41, 5.74) is 3.48. The molecule has 3 aromatic heterocycles. The van der Waals surface area contributed by atoms with E-state index in [-0.39, 0.29) is 0 Å². The zero-order valence-corrected chi connectivity index (χ0v) is 16.5. The van der Waals surface area contributed by atoms with E-state index < -0.39 is 0 Å². The largest absolute Gasteiger partial charge is 0.340 e. The molecule has 0 N–H and O–H groups in total. The zero-order valence-electron chi connectivity index (χ0n) is 16.5. The van der Waals surface area contributed by atoms with Gasteiger partial charge in [0.25, 0.3) is 0 Å². The van der Waals surface area contributed by atoms with Crippen LogP contribution in [0.3, 0.4) is 0 Å². The van der Waals surface area contributed by atoms with Crippen molar-refractivity contribution in [3.05, 3.63) is 78.8 Å². The Hall–Kier alpha value is -3.47. The Morgan fingerprint density at radius 3 is 2.10 bits per heavy atom. The molecule has 5 heteroatoms. The van der Waals surface area contributed by atoms with Gasteiger partial charge in [-0.05, 0) is 44.0 Å². The summed E-state index contributed by atoms with van der Waals surface area (Å²) in [4.78, 5) is 9.01. The number of aryl methyl sites for hydroxylation is 3. The number of hydrogen-bond acceptors (Lipinski definition) is 3. The van der Waals surface area contributed by atoms with E-state index in [2.05, 4.69) is 68.2 Å². The van der Waals surface area contributed by atoms with E-state index in [1.54, 1.807) is 6.20 Å². The molecule has 5 aromatic rings. The van der Waals surface area contributed by atoms with Gasteiger partial charge in [0, 0.05) is 41.1 Å². The molecule has 144 valence electrons. The van der Waals surface area contributed by atoms with Crippen LogP contribution >= 0.6 is 0 Å². The summed E-state index contributed by atoms with van der Waals surface area (Å²) in [6, 6.07) is 23.2. The van der Waals surface area contributed by atoms with Gasteiger partial charge in [0.05, 0.1) is 0 Å². The van der Waals surface area contributed by atoms with Crippen molar-refractivity contribution in [1.29, 1.82) is 0 Å². The minimum Gasteiger partial charge on any atom is -0.340 e. The summed E-state index contributed by atoms with van der Waals surface area (Å²) in [6.07, 6.45) is 3.90. The van der Waals surface area contributed by atoms with Crippen LogP contribution in [-0.2, 0) is 13.1 Å². The number of fused-ring (bicyclic) bond motifs is 3. The normalized spacial score (nSPS) is 11.5. The van der Waals surface area contributed by atoms with Crippen LogP contribution in [0.4, 0.5) is 0 Å². The number of aromatic nitrogens is 5. The summed E-state index contributed by atoms with van der Waals surface area (Å²) in [5, 5.41) is 7.23. The second-order valence-corrected chi connectivity index (χ2v) is 7.31. The van der Waals surface area contributed by atoms with Gasteiger partial charge in [-0.25, -0.2) is 9.67 Å². The van der Waals surface area contributed by atoms with Crippen LogP contribution in [0.5, 0.6) is 0 Å². The average Bonchev–Trinajstić information content (AvgIpc) is 3.30. The van der Waals surface area contributed by atoms with Crippen molar-refractivity contribution in [1.82, 2.24) is 24.3 Å². The van der Waals surface area contributed by atoms with Gasteiger partial charge >= 0.3 is 0 Å². The lowest BCUT2D eigenvalue weighted by Gasteiger charge is -2.09. The summed E-state index contributed by atoms with van der Waals surface area (Å²) in [5.74, 6) is 1.63. The van der Waals surface area contributed by atoms with Crippen molar-refractivity contribution in [2.24, 2.45) is 0 Å². The van der Waals surface area contributed by atoms with Gasteiger partial charge in [-0.15, -0.1) is 0 Å². The summed E-state index contributed by atoms with van der Waals surface area (Å²) in [6.45, 7) is 3.76. The number of pyridine rings is 1. The Bertz CT molecular complexity index is 1210. The molecule has 5 rings (SSSR count). The van der Waals surface area contributed by atoms with Crippen molar-refractivity contribution in [3.8, 4) is 11.5 Å². The highest BCUT2D eigenvalue weighted by atomic mass is 15.3. The SMILES string of the molecule is Cc1nc(-c2ccccn2)n(CCCCn2c3ccccc3c3ccccc32)n1. The van der Waals surface area contributed by atoms with E-state index in [1.807, 2.05) is 29.8 Å². The van der Waals surface area contributed by atoms with Gasteiger partial charge in [-0.2, -0.15) is 5.10 Å². The van der Waals surface area contributed by atoms with Gasteiger partial charge in [-0.1, -0.05) is 42.5 Å². The van der Waals surface area contributed by atoms with E-state index in [0.29, 0.717) is 0 Å². The Kier molecular flexibility index (Phi) is 4.56. The standard InChI is InChI=1S/C24H23N5/c1-18-26-24(21-12-6-7-15-25-21)29(27-18)17-9-8-16-28-22-13-4-2-10-19(22)20-11-3-5-14-23(20)28/h2-7,10-15H,8-9,16-17H2,1H3. The second kappa shape index (κ2) is 7.51.